The van der Waals surface area contributed by atoms with Gasteiger partial charge in [-0.25, -0.2) is 9.78 Å². The first-order valence-corrected chi connectivity index (χ1v) is 3.91. The van der Waals surface area contributed by atoms with Crippen LogP contribution in [0.5, 0.6) is 0 Å². The molecule has 1 N–H and O–H groups in total. The maximum absolute atomic E-state index is 10.9. The number of esters is 1. The summed E-state index contributed by atoms with van der Waals surface area (Å²) < 4.78 is 5.29. The number of imidazole rings is 1. The highest BCUT2D eigenvalue weighted by Crippen LogP contribution is 2.05. The Labute approximate surface area is 72.1 Å². The molecule has 0 atom stereocenters. The first kappa shape index (κ1) is 8.26. The quantitative estimate of drug-likeness (QED) is 0.763. The van der Waals surface area contributed by atoms with Crippen molar-refractivity contribution in [1.29, 1.82) is 0 Å². The second-order valence-corrected chi connectivity index (χ2v) is 2.60. The lowest BCUT2D eigenvalue weighted by Gasteiger charge is -1.95. The fourth-order valence-corrected chi connectivity index (χ4v) is 0.895. The Morgan fingerprint density at radius 1 is 1.91 bits per heavy atom. The Balaban J connectivity index is 2.69. The highest BCUT2D eigenvalue weighted by Gasteiger charge is 2.09. The molecule has 0 amide bonds. The van der Waals surface area contributed by atoms with Crippen molar-refractivity contribution >= 4 is 21.9 Å². The number of halogens is 1. The van der Waals surface area contributed by atoms with Crippen molar-refractivity contribution in [2.75, 3.05) is 6.61 Å². The highest BCUT2D eigenvalue weighted by molar-refractivity contribution is 9.10. The molecule has 0 aliphatic rings. The lowest BCUT2D eigenvalue weighted by atomic mass is 10.6. The normalized spacial score (nSPS) is 9.64. The van der Waals surface area contributed by atoms with Gasteiger partial charge in [-0.05, 0) is 22.9 Å². The average molecular weight is 219 g/mol. The standard InChI is InChI=1S/C6H7BrN2O2/c1-2-11-6(10)5-8-3-4(7)9-5/h3H,2H2,1H3,(H,8,9). The molecular weight excluding hydrogens is 212 g/mol. The van der Waals surface area contributed by atoms with E-state index in [1.165, 1.54) is 0 Å². The Kier molecular flexibility index (Phi) is 2.64. The minimum absolute atomic E-state index is 0.221. The summed E-state index contributed by atoms with van der Waals surface area (Å²) in [6.45, 7) is 2.10. The van der Waals surface area contributed by atoms with Gasteiger partial charge in [0.2, 0.25) is 5.82 Å². The van der Waals surface area contributed by atoms with Gasteiger partial charge in [0.05, 0.1) is 6.61 Å². The molecule has 0 radical (unpaired) electrons. The number of carbonyl (C=O) groups excluding carboxylic acids is 1. The summed E-state index contributed by atoms with van der Waals surface area (Å²) in [4.78, 5) is 17.4. The summed E-state index contributed by atoms with van der Waals surface area (Å²) in [7, 11) is 0. The van der Waals surface area contributed by atoms with E-state index in [1.807, 2.05) is 0 Å². The molecule has 1 heterocycles. The summed E-state index contributed by atoms with van der Waals surface area (Å²) in [5.41, 5.74) is 0. The van der Waals surface area contributed by atoms with Crippen LogP contribution in [0.1, 0.15) is 17.5 Å². The minimum Gasteiger partial charge on any atom is -0.460 e. The molecule has 0 saturated heterocycles. The van der Waals surface area contributed by atoms with Gasteiger partial charge in [0.15, 0.2) is 0 Å². The predicted molar refractivity (Wildman–Crippen MR) is 42.2 cm³/mol. The number of ether oxygens (including phenoxy) is 1. The Morgan fingerprint density at radius 3 is 3.09 bits per heavy atom. The van der Waals surface area contributed by atoms with E-state index >= 15 is 0 Å². The molecule has 0 aliphatic carbocycles. The van der Waals surface area contributed by atoms with Gasteiger partial charge in [0, 0.05) is 6.20 Å². The molecule has 1 aromatic rings. The van der Waals surface area contributed by atoms with Crippen molar-refractivity contribution in [3.8, 4) is 0 Å². The molecule has 0 bridgehead atoms. The van der Waals surface area contributed by atoms with Crippen LogP contribution in [0.3, 0.4) is 0 Å². The van der Waals surface area contributed by atoms with Crippen molar-refractivity contribution in [3.05, 3.63) is 16.6 Å². The number of rotatable bonds is 2. The van der Waals surface area contributed by atoms with Crippen LogP contribution in [-0.2, 0) is 4.74 Å². The van der Waals surface area contributed by atoms with Crippen molar-refractivity contribution in [2.24, 2.45) is 0 Å². The molecule has 1 rings (SSSR count). The number of nitrogens with one attached hydrogen (secondary N) is 1. The maximum atomic E-state index is 10.9. The van der Waals surface area contributed by atoms with Gasteiger partial charge >= 0.3 is 5.97 Å². The Morgan fingerprint density at radius 2 is 2.64 bits per heavy atom. The summed E-state index contributed by atoms with van der Waals surface area (Å²) in [6, 6.07) is 0. The summed E-state index contributed by atoms with van der Waals surface area (Å²) in [5.74, 6) is -0.211. The SMILES string of the molecule is CCOC(=O)c1nc(Br)c[nH]1. The molecule has 60 valence electrons. The van der Waals surface area contributed by atoms with E-state index in [0.717, 1.165) is 0 Å². The predicted octanol–water partition coefficient (Wildman–Crippen LogP) is 1.35. The lowest BCUT2D eigenvalue weighted by molar-refractivity contribution is 0.0513. The third-order valence-corrected chi connectivity index (χ3v) is 1.42. The van der Waals surface area contributed by atoms with Crippen LogP contribution >= 0.6 is 15.9 Å². The zero-order valence-corrected chi connectivity index (χ0v) is 7.51. The van der Waals surface area contributed by atoms with Crippen molar-refractivity contribution in [1.82, 2.24) is 9.97 Å². The van der Waals surface area contributed by atoms with Crippen LogP contribution < -0.4 is 0 Å². The molecule has 0 fully saturated rings. The maximum Gasteiger partial charge on any atom is 0.374 e. The molecule has 1 aromatic heterocycles. The second-order valence-electron chi connectivity index (χ2n) is 1.79. The van der Waals surface area contributed by atoms with E-state index in [1.54, 1.807) is 13.1 Å². The van der Waals surface area contributed by atoms with Gasteiger partial charge in [-0.3, -0.25) is 0 Å². The second kappa shape index (κ2) is 3.52. The number of carbonyl (C=O) groups is 1. The van der Waals surface area contributed by atoms with Crippen molar-refractivity contribution in [3.63, 3.8) is 0 Å². The monoisotopic (exact) mass is 218 g/mol. The van der Waals surface area contributed by atoms with Crippen molar-refractivity contribution in [2.45, 2.75) is 6.92 Å². The first-order chi connectivity index (χ1) is 5.24. The summed E-state index contributed by atoms with van der Waals surface area (Å²) >= 11 is 3.10. The molecular formula is C6H7BrN2O2. The van der Waals surface area contributed by atoms with Gasteiger partial charge in [-0.1, -0.05) is 0 Å². The fraction of sp³-hybridized carbons (Fsp3) is 0.333. The molecule has 0 aliphatic heterocycles. The van der Waals surface area contributed by atoms with Crippen LogP contribution in [0.2, 0.25) is 0 Å². The van der Waals surface area contributed by atoms with Crippen LogP contribution in [0, 0.1) is 0 Å². The minimum atomic E-state index is -0.432. The molecule has 5 heteroatoms. The largest absolute Gasteiger partial charge is 0.460 e. The molecule has 0 aromatic carbocycles. The number of H-pyrrole nitrogens is 1. The molecule has 11 heavy (non-hydrogen) atoms. The lowest BCUT2D eigenvalue weighted by Crippen LogP contribution is -2.06. The van der Waals surface area contributed by atoms with Crippen molar-refractivity contribution < 1.29 is 9.53 Å². The molecule has 4 nitrogen and oxygen atoms in total. The first-order valence-electron chi connectivity index (χ1n) is 3.12. The molecule has 0 unspecified atom stereocenters. The van der Waals surface area contributed by atoms with E-state index in [9.17, 15) is 4.79 Å². The smallest absolute Gasteiger partial charge is 0.374 e. The van der Waals surface area contributed by atoms with Crippen LogP contribution in [-0.4, -0.2) is 22.5 Å². The number of hydrogen-bond donors (Lipinski definition) is 1. The number of nitrogens with zero attached hydrogens (tertiary/aromatic N) is 1. The van der Waals surface area contributed by atoms with E-state index < -0.39 is 5.97 Å². The zero-order valence-electron chi connectivity index (χ0n) is 5.93. The van der Waals surface area contributed by atoms with E-state index in [2.05, 4.69) is 30.6 Å². The van der Waals surface area contributed by atoms with Gasteiger partial charge in [0.1, 0.15) is 4.60 Å². The van der Waals surface area contributed by atoms with Crippen LogP contribution in [0.4, 0.5) is 0 Å². The van der Waals surface area contributed by atoms with E-state index in [4.69, 9.17) is 0 Å². The van der Waals surface area contributed by atoms with Gasteiger partial charge in [-0.2, -0.15) is 0 Å². The number of aromatic nitrogens is 2. The number of aromatic amines is 1. The van der Waals surface area contributed by atoms with E-state index in [0.29, 0.717) is 11.2 Å². The highest BCUT2D eigenvalue weighted by atomic mass is 79.9. The van der Waals surface area contributed by atoms with Gasteiger partial charge in [0.25, 0.3) is 0 Å². The Hall–Kier alpha value is -0.840. The Bertz CT molecular complexity index is 259. The van der Waals surface area contributed by atoms with Crippen LogP contribution in [0.25, 0.3) is 0 Å². The third-order valence-electron chi connectivity index (χ3n) is 1.02. The topological polar surface area (TPSA) is 55.0 Å². The summed E-state index contributed by atoms with van der Waals surface area (Å²) in [5, 5.41) is 0. The fourth-order valence-electron chi connectivity index (χ4n) is 0.603. The van der Waals surface area contributed by atoms with Gasteiger partial charge < -0.3 is 9.72 Å². The van der Waals surface area contributed by atoms with E-state index in [-0.39, 0.29) is 5.82 Å². The average Bonchev–Trinajstić information content (AvgIpc) is 2.36. The number of hydrogen-bond acceptors (Lipinski definition) is 3. The zero-order chi connectivity index (χ0) is 8.27. The summed E-state index contributed by atoms with van der Waals surface area (Å²) in [6.07, 6.45) is 1.58. The van der Waals surface area contributed by atoms with Gasteiger partial charge in [-0.15, -0.1) is 0 Å². The molecule has 0 saturated carbocycles. The van der Waals surface area contributed by atoms with Crippen LogP contribution in [0.15, 0.2) is 10.8 Å². The third kappa shape index (κ3) is 2.04. The molecule has 0 spiro atoms.